The van der Waals surface area contributed by atoms with Crippen LogP contribution in [0.2, 0.25) is 0 Å². The Morgan fingerprint density at radius 2 is 1.73 bits per heavy atom. The second-order valence-corrected chi connectivity index (χ2v) is 9.22. The van der Waals surface area contributed by atoms with E-state index >= 15 is 0 Å². The highest BCUT2D eigenvalue weighted by Crippen LogP contribution is 2.46. The molecule has 1 aliphatic heterocycles. The minimum Gasteiger partial charge on any atom is -0.503 e. The molecule has 0 radical (unpaired) electrons. The van der Waals surface area contributed by atoms with Crippen LogP contribution in [0.4, 0.5) is 11.4 Å². The van der Waals surface area contributed by atoms with Gasteiger partial charge in [-0.2, -0.15) is 0 Å². The van der Waals surface area contributed by atoms with Gasteiger partial charge in [0.25, 0.3) is 0 Å². The summed E-state index contributed by atoms with van der Waals surface area (Å²) in [6.45, 7) is 2.30. The lowest BCUT2D eigenvalue weighted by Gasteiger charge is -2.30. The van der Waals surface area contributed by atoms with Gasteiger partial charge in [0.1, 0.15) is 0 Å². The van der Waals surface area contributed by atoms with Gasteiger partial charge in [0.2, 0.25) is 0 Å². The number of aromatic hydroxyl groups is 1. The van der Waals surface area contributed by atoms with Crippen LogP contribution in [0.5, 0.6) is 11.5 Å². The summed E-state index contributed by atoms with van der Waals surface area (Å²) in [6, 6.07) is 21.5. The predicted octanol–water partition coefficient (Wildman–Crippen LogP) is 6.53. The quantitative estimate of drug-likeness (QED) is 0.376. The van der Waals surface area contributed by atoms with Crippen LogP contribution in [-0.2, 0) is 4.79 Å². The number of carbonyl (C=O) groups excluding carboxylic acids is 1. The Morgan fingerprint density at radius 1 is 1.00 bits per heavy atom. The van der Waals surface area contributed by atoms with Gasteiger partial charge in [0, 0.05) is 17.7 Å². The summed E-state index contributed by atoms with van der Waals surface area (Å²) in [5.74, 6) is 0.689. The number of hydrogen-bond donors (Lipinski definition) is 3. The summed E-state index contributed by atoms with van der Waals surface area (Å²) in [5.41, 5.74) is 5.55. The van der Waals surface area contributed by atoms with E-state index in [9.17, 15) is 9.90 Å². The normalized spacial score (nSPS) is 19.6. The van der Waals surface area contributed by atoms with E-state index in [4.69, 9.17) is 4.74 Å². The second kappa shape index (κ2) is 8.94. The van der Waals surface area contributed by atoms with Gasteiger partial charge in [0.05, 0.1) is 28.5 Å². The van der Waals surface area contributed by atoms with E-state index in [1.165, 1.54) is 5.56 Å². The van der Waals surface area contributed by atoms with Gasteiger partial charge in [-0.25, -0.2) is 0 Å². The fraction of sp³-hybridized carbons (Fsp3) is 0.222. The molecule has 0 aromatic heterocycles. The number of benzene rings is 3. The Balaban J connectivity index is 1.64. The van der Waals surface area contributed by atoms with Crippen LogP contribution in [0.1, 0.15) is 42.9 Å². The maximum absolute atomic E-state index is 13.6. The summed E-state index contributed by atoms with van der Waals surface area (Å²) < 4.78 is 6.19. The molecule has 2 aliphatic rings. The maximum Gasteiger partial charge on any atom is 0.172 e. The summed E-state index contributed by atoms with van der Waals surface area (Å²) >= 11 is 3.45. The van der Waals surface area contributed by atoms with E-state index in [1.54, 1.807) is 0 Å². The first-order chi connectivity index (χ1) is 16.0. The van der Waals surface area contributed by atoms with E-state index in [1.807, 2.05) is 61.5 Å². The Bertz CT molecular complexity index is 1240. The Hall–Kier alpha value is -3.25. The van der Waals surface area contributed by atoms with Gasteiger partial charge in [0.15, 0.2) is 17.3 Å². The number of nitrogens with one attached hydrogen (secondary N) is 2. The average Bonchev–Trinajstić information content (AvgIpc) is 2.99. The number of halogens is 1. The molecule has 6 heteroatoms. The summed E-state index contributed by atoms with van der Waals surface area (Å²) in [4.78, 5) is 13.6. The third kappa shape index (κ3) is 4.11. The molecule has 168 valence electrons. The van der Waals surface area contributed by atoms with Crippen LogP contribution in [0.15, 0.2) is 82.5 Å². The molecule has 0 bridgehead atoms. The van der Waals surface area contributed by atoms with Crippen molar-refractivity contribution in [3.8, 4) is 11.5 Å². The zero-order valence-electron chi connectivity index (χ0n) is 18.3. The smallest absolute Gasteiger partial charge is 0.172 e. The van der Waals surface area contributed by atoms with Crippen LogP contribution >= 0.6 is 15.9 Å². The molecule has 5 nitrogen and oxygen atoms in total. The third-order valence-electron chi connectivity index (χ3n) is 6.26. The zero-order valence-corrected chi connectivity index (χ0v) is 19.9. The Labute approximate surface area is 201 Å². The lowest BCUT2D eigenvalue weighted by molar-refractivity contribution is -0.116. The number of hydrogen-bond acceptors (Lipinski definition) is 5. The standard InChI is InChI=1S/C27H25BrN2O3/c1-2-33-24-15-18(12-19(28)27(24)32)26-25-22(29-20-10-6-7-11-21(20)30-26)13-17(14-23(25)31)16-8-4-3-5-9-16/h3-12,15,17,26,29-30,32H,2,13-14H2,1H3/t17-,26+/m1/s1. The van der Waals surface area contributed by atoms with Gasteiger partial charge in [-0.1, -0.05) is 42.5 Å². The minimum atomic E-state index is -0.378. The van der Waals surface area contributed by atoms with Gasteiger partial charge >= 0.3 is 0 Å². The molecular weight excluding hydrogens is 480 g/mol. The number of rotatable bonds is 4. The molecule has 5 rings (SSSR count). The van der Waals surface area contributed by atoms with E-state index in [2.05, 4.69) is 38.7 Å². The Morgan fingerprint density at radius 3 is 2.48 bits per heavy atom. The first-order valence-electron chi connectivity index (χ1n) is 11.1. The van der Waals surface area contributed by atoms with Crippen molar-refractivity contribution in [3.63, 3.8) is 0 Å². The fourth-order valence-corrected chi connectivity index (χ4v) is 5.19. The van der Waals surface area contributed by atoms with Crippen molar-refractivity contribution in [1.29, 1.82) is 0 Å². The highest BCUT2D eigenvalue weighted by Gasteiger charge is 2.36. The van der Waals surface area contributed by atoms with Crippen molar-refractivity contribution in [3.05, 3.63) is 93.6 Å². The number of para-hydroxylation sites is 2. The molecule has 0 saturated carbocycles. The summed E-state index contributed by atoms with van der Waals surface area (Å²) in [7, 11) is 0. The molecule has 0 spiro atoms. The molecule has 0 unspecified atom stereocenters. The van der Waals surface area contributed by atoms with Crippen molar-refractivity contribution in [2.24, 2.45) is 0 Å². The molecule has 33 heavy (non-hydrogen) atoms. The van der Waals surface area contributed by atoms with Crippen molar-refractivity contribution in [2.45, 2.75) is 31.7 Å². The number of phenols is 1. The van der Waals surface area contributed by atoms with Gasteiger partial charge in [-0.3, -0.25) is 4.79 Å². The molecule has 3 aromatic carbocycles. The van der Waals surface area contributed by atoms with E-state index < -0.39 is 0 Å². The first-order valence-corrected chi connectivity index (χ1v) is 11.9. The van der Waals surface area contributed by atoms with Crippen molar-refractivity contribution >= 4 is 33.1 Å². The molecule has 1 heterocycles. The number of ether oxygens (including phenoxy) is 1. The maximum atomic E-state index is 13.6. The molecule has 3 aromatic rings. The van der Waals surface area contributed by atoms with Gasteiger partial charge < -0.3 is 20.5 Å². The van der Waals surface area contributed by atoms with Crippen molar-refractivity contribution < 1.29 is 14.6 Å². The largest absolute Gasteiger partial charge is 0.503 e. The van der Waals surface area contributed by atoms with E-state index in [0.29, 0.717) is 23.2 Å². The highest BCUT2D eigenvalue weighted by atomic mass is 79.9. The second-order valence-electron chi connectivity index (χ2n) is 8.36. The lowest BCUT2D eigenvalue weighted by atomic mass is 9.78. The Kier molecular flexibility index (Phi) is 5.85. The third-order valence-corrected chi connectivity index (χ3v) is 6.87. The number of fused-ring (bicyclic) bond motifs is 1. The molecule has 0 amide bonds. The van der Waals surface area contributed by atoms with Crippen LogP contribution in [0.3, 0.4) is 0 Å². The van der Waals surface area contributed by atoms with Gasteiger partial charge in [-0.15, -0.1) is 0 Å². The zero-order chi connectivity index (χ0) is 22.9. The van der Waals surface area contributed by atoms with Crippen LogP contribution in [0.25, 0.3) is 0 Å². The number of allylic oxidation sites excluding steroid dienone is 1. The molecule has 0 fully saturated rings. The fourth-order valence-electron chi connectivity index (χ4n) is 4.73. The number of phenolic OH excluding ortho intramolecular Hbond substituents is 1. The molecule has 1 aliphatic carbocycles. The van der Waals surface area contributed by atoms with E-state index in [-0.39, 0.29) is 23.5 Å². The van der Waals surface area contributed by atoms with E-state index in [0.717, 1.165) is 34.6 Å². The monoisotopic (exact) mass is 504 g/mol. The number of ketones is 1. The van der Waals surface area contributed by atoms with Crippen LogP contribution in [0, 0.1) is 0 Å². The van der Waals surface area contributed by atoms with Crippen molar-refractivity contribution in [2.75, 3.05) is 17.2 Å². The first kappa shape index (κ1) is 21.6. The number of carbonyl (C=O) groups is 1. The SMILES string of the molecule is CCOc1cc([C@@H]2Nc3ccccc3NC3=C2C(=O)C[C@H](c2ccccc2)C3)cc(Br)c1O. The summed E-state index contributed by atoms with van der Waals surface area (Å²) in [5, 5.41) is 17.6. The molecule has 3 N–H and O–H groups in total. The lowest BCUT2D eigenvalue weighted by Crippen LogP contribution is -2.27. The highest BCUT2D eigenvalue weighted by molar-refractivity contribution is 9.10. The topological polar surface area (TPSA) is 70.6 Å². The van der Waals surface area contributed by atoms with Crippen molar-refractivity contribution in [1.82, 2.24) is 0 Å². The predicted molar refractivity (Wildman–Crippen MR) is 134 cm³/mol. The van der Waals surface area contributed by atoms with Crippen LogP contribution in [-0.4, -0.2) is 17.5 Å². The minimum absolute atomic E-state index is 0.0565. The molecule has 0 saturated heterocycles. The van der Waals surface area contributed by atoms with Gasteiger partial charge in [-0.05, 0) is 70.6 Å². The average molecular weight is 505 g/mol. The van der Waals surface area contributed by atoms with Crippen LogP contribution < -0.4 is 15.4 Å². The summed E-state index contributed by atoms with van der Waals surface area (Å²) in [6.07, 6.45) is 1.20. The molecule has 2 atom stereocenters. The molecular formula is C27H25BrN2O3. The number of Topliss-reactive ketones (excluding diaryl/α,β-unsaturated/α-hetero) is 1. The number of anilines is 2.